The van der Waals surface area contributed by atoms with Crippen LogP contribution in [-0.4, -0.2) is 31.8 Å². The number of carbonyl (C=O) groups excluding carboxylic acids is 1. The summed E-state index contributed by atoms with van der Waals surface area (Å²) in [5.41, 5.74) is 1.71. The minimum Gasteiger partial charge on any atom is -0.465 e. The van der Waals surface area contributed by atoms with Gasteiger partial charge in [0.25, 0.3) is 5.56 Å². The van der Waals surface area contributed by atoms with E-state index < -0.39 is 5.97 Å². The first kappa shape index (κ1) is 20.9. The molecule has 1 saturated carbocycles. The fourth-order valence-corrected chi connectivity index (χ4v) is 4.72. The number of fused-ring (bicyclic) bond motifs is 1. The largest absolute Gasteiger partial charge is 0.465 e. The molecule has 0 N–H and O–H groups in total. The summed E-state index contributed by atoms with van der Waals surface area (Å²) >= 11 is 0. The number of hydrogen-bond acceptors (Lipinski definition) is 5. The minimum absolute atomic E-state index is 0.130. The average Bonchev–Trinajstić information content (AvgIpc) is 3.51. The summed E-state index contributed by atoms with van der Waals surface area (Å²) in [5.74, 6) is -0.445. The highest BCUT2D eigenvalue weighted by Gasteiger charge is 2.26. The summed E-state index contributed by atoms with van der Waals surface area (Å²) in [7, 11) is 1.34. The van der Waals surface area contributed by atoms with Crippen molar-refractivity contribution in [2.75, 3.05) is 7.11 Å². The molecule has 1 aliphatic rings. The van der Waals surface area contributed by atoms with Gasteiger partial charge < -0.3 is 9.30 Å². The molecule has 33 heavy (non-hydrogen) atoms. The van der Waals surface area contributed by atoms with Gasteiger partial charge in [-0.15, -0.1) is 0 Å². The van der Waals surface area contributed by atoms with Crippen LogP contribution in [0.1, 0.15) is 47.6 Å². The highest BCUT2D eigenvalue weighted by atomic mass is 16.5. The monoisotopic (exact) mass is 444 g/mol. The van der Waals surface area contributed by atoms with Gasteiger partial charge in [-0.1, -0.05) is 49.2 Å². The highest BCUT2D eigenvalue weighted by Crippen LogP contribution is 2.28. The molecule has 8 nitrogen and oxygen atoms in total. The quantitative estimate of drug-likeness (QED) is 0.441. The van der Waals surface area contributed by atoms with Crippen molar-refractivity contribution in [1.82, 2.24) is 18.7 Å². The Morgan fingerprint density at radius 1 is 1.03 bits per heavy atom. The summed E-state index contributed by atoms with van der Waals surface area (Å²) in [4.78, 5) is 43.9. The Morgan fingerprint density at radius 2 is 1.73 bits per heavy atom. The first-order valence-corrected chi connectivity index (χ1v) is 11.0. The molecule has 0 radical (unpaired) electrons. The fraction of sp³-hybridized carbons (Fsp3) is 0.280. The molecule has 1 fully saturated rings. The highest BCUT2D eigenvalue weighted by molar-refractivity contribution is 5.91. The fourth-order valence-electron chi connectivity index (χ4n) is 4.72. The lowest BCUT2D eigenvalue weighted by Gasteiger charge is -2.17. The molecule has 168 valence electrons. The summed E-state index contributed by atoms with van der Waals surface area (Å²) < 4.78 is 9.53. The maximum atomic E-state index is 13.7. The number of aromatic nitrogens is 4. The van der Waals surface area contributed by atoms with Crippen molar-refractivity contribution in [2.24, 2.45) is 0 Å². The Hall–Kier alpha value is -3.94. The van der Waals surface area contributed by atoms with Crippen LogP contribution < -0.4 is 11.2 Å². The molecule has 0 amide bonds. The van der Waals surface area contributed by atoms with E-state index in [1.807, 2.05) is 42.5 Å². The molecule has 0 aliphatic heterocycles. The zero-order chi connectivity index (χ0) is 22.9. The van der Waals surface area contributed by atoms with Crippen LogP contribution in [0.3, 0.4) is 0 Å². The Morgan fingerprint density at radius 3 is 2.45 bits per heavy atom. The topological polar surface area (TPSA) is 88.1 Å². The maximum absolute atomic E-state index is 13.7. The Kier molecular flexibility index (Phi) is 5.42. The molecule has 4 aromatic rings. The molecule has 0 saturated heterocycles. The first-order valence-electron chi connectivity index (χ1n) is 11.0. The number of benzene rings is 2. The first-order chi connectivity index (χ1) is 16.1. The minimum atomic E-state index is -0.445. The van der Waals surface area contributed by atoms with Crippen LogP contribution in [0.5, 0.6) is 0 Å². The number of nitrogens with zero attached hydrogens (tertiary/aromatic N) is 4. The summed E-state index contributed by atoms with van der Waals surface area (Å²) in [6.07, 6.45) is 5.14. The smallest absolute Gasteiger partial charge is 0.338 e. The van der Waals surface area contributed by atoms with Gasteiger partial charge in [-0.05, 0) is 36.6 Å². The van der Waals surface area contributed by atoms with Gasteiger partial charge >= 0.3 is 11.7 Å². The predicted octanol–water partition coefficient (Wildman–Crippen LogP) is 3.30. The molecule has 0 atom stereocenters. The SMILES string of the molecule is COC(=O)c1ccccc1Cn1cnc2c1c(=O)n(C1CCCC1)c(=O)n2-c1ccccc1. The van der Waals surface area contributed by atoms with E-state index in [0.717, 1.165) is 25.7 Å². The van der Waals surface area contributed by atoms with Crippen molar-refractivity contribution in [3.05, 3.63) is 92.9 Å². The molecule has 2 heterocycles. The third kappa shape index (κ3) is 3.57. The van der Waals surface area contributed by atoms with Gasteiger partial charge in [0.05, 0.1) is 31.2 Å². The van der Waals surface area contributed by atoms with E-state index in [2.05, 4.69) is 4.98 Å². The van der Waals surface area contributed by atoms with Gasteiger partial charge in [0.2, 0.25) is 0 Å². The predicted molar refractivity (Wildman–Crippen MR) is 124 cm³/mol. The van der Waals surface area contributed by atoms with Crippen LogP contribution >= 0.6 is 0 Å². The number of ether oxygens (including phenoxy) is 1. The summed E-state index contributed by atoms with van der Waals surface area (Å²) in [6, 6.07) is 16.2. The van der Waals surface area contributed by atoms with Gasteiger partial charge in [-0.25, -0.2) is 19.1 Å². The second-order valence-corrected chi connectivity index (χ2v) is 8.26. The second kappa shape index (κ2) is 8.54. The van der Waals surface area contributed by atoms with E-state index in [-0.39, 0.29) is 23.8 Å². The van der Waals surface area contributed by atoms with Crippen molar-refractivity contribution in [2.45, 2.75) is 38.3 Å². The van der Waals surface area contributed by atoms with Crippen LogP contribution in [-0.2, 0) is 11.3 Å². The van der Waals surface area contributed by atoms with Crippen LogP contribution in [0.15, 0.2) is 70.5 Å². The second-order valence-electron chi connectivity index (χ2n) is 8.26. The lowest BCUT2D eigenvalue weighted by atomic mass is 10.1. The molecule has 1 aliphatic carbocycles. The van der Waals surface area contributed by atoms with E-state index >= 15 is 0 Å². The Labute approximate surface area is 189 Å². The van der Waals surface area contributed by atoms with E-state index in [0.29, 0.717) is 28.0 Å². The van der Waals surface area contributed by atoms with Gasteiger partial charge in [-0.2, -0.15) is 0 Å². The van der Waals surface area contributed by atoms with Gasteiger partial charge in [0.1, 0.15) is 0 Å². The standard InChI is InChI=1S/C25H24N4O4/c1-33-24(31)20-14-8-5-9-17(20)15-27-16-26-22-21(27)23(30)29(19-12-6-7-13-19)25(32)28(22)18-10-3-2-4-11-18/h2-5,8-11,14,16,19H,6-7,12-13,15H2,1H3. The number of esters is 1. The Balaban J connectivity index is 1.75. The van der Waals surface area contributed by atoms with Crippen LogP contribution in [0.25, 0.3) is 16.9 Å². The van der Waals surface area contributed by atoms with Crippen LogP contribution in [0, 0.1) is 0 Å². The average molecular weight is 444 g/mol. The van der Waals surface area contributed by atoms with Crippen molar-refractivity contribution < 1.29 is 9.53 Å². The molecular weight excluding hydrogens is 420 g/mol. The number of carbonyl (C=O) groups is 1. The molecule has 0 bridgehead atoms. The van der Waals surface area contributed by atoms with Crippen molar-refractivity contribution in [3.63, 3.8) is 0 Å². The molecule has 2 aromatic carbocycles. The van der Waals surface area contributed by atoms with E-state index in [1.165, 1.54) is 16.2 Å². The number of hydrogen-bond donors (Lipinski definition) is 0. The third-order valence-corrected chi connectivity index (χ3v) is 6.32. The van der Waals surface area contributed by atoms with Crippen molar-refractivity contribution in [1.29, 1.82) is 0 Å². The number of rotatable bonds is 5. The molecule has 5 rings (SSSR count). The molecule has 2 aromatic heterocycles. The van der Waals surface area contributed by atoms with E-state index in [1.54, 1.807) is 23.0 Å². The maximum Gasteiger partial charge on any atom is 0.338 e. The third-order valence-electron chi connectivity index (χ3n) is 6.32. The van der Waals surface area contributed by atoms with Crippen LogP contribution in [0.2, 0.25) is 0 Å². The summed E-state index contributed by atoms with van der Waals surface area (Å²) in [6.45, 7) is 0.245. The lowest BCUT2D eigenvalue weighted by molar-refractivity contribution is 0.0599. The number of imidazole rings is 1. The summed E-state index contributed by atoms with van der Waals surface area (Å²) in [5, 5.41) is 0. The number of methoxy groups -OCH3 is 1. The molecule has 0 spiro atoms. The van der Waals surface area contributed by atoms with Crippen molar-refractivity contribution >= 4 is 17.1 Å². The van der Waals surface area contributed by atoms with Crippen LogP contribution in [0.4, 0.5) is 0 Å². The zero-order valence-corrected chi connectivity index (χ0v) is 18.3. The molecular formula is C25H24N4O4. The van der Waals surface area contributed by atoms with Gasteiger partial charge in [0.15, 0.2) is 11.2 Å². The van der Waals surface area contributed by atoms with Gasteiger partial charge in [0, 0.05) is 6.04 Å². The van der Waals surface area contributed by atoms with Gasteiger partial charge in [-0.3, -0.25) is 9.36 Å². The normalized spacial score (nSPS) is 14.1. The Bertz CT molecular complexity index is 1440. The zero-order valence-electron chi connectivity index (χ0n) is 18.3. The molecule has 0 unspecified atom stereocenters. The van der Waals surface area contributed by atoms with E-state index in [4.69, 9.17) is 4.74 Å². The van der Waals surface area contributed by atoms with E-state index in [9.17, 15) is 14.4 Å². The molecule has 8 heteroatoms. The lowest BCUT2D eigenvalue weighted by Crippen LogP contribution is -2.41. The number of para-hydroxylation sites is 1. The van der Waals surface area contributed by atoms with Crippen molar-refractivity contribution in [3.8, 4) is 5.69 Å².